The van der Waals surface area contributed by atoms with Gasteiger partial charge in [-0.15, -0.1) is 23.1 Å². The van der Waals surface area contributed by atoms with Crippen LogP contribution in [0.25, 0.3) is 0 Å². The summed E-state index contributed by atoms with van der Waals surface area (Å²) in [6.45, 7) is 2.33. The zero-order valence-electron chi connectivity index (χ0n) is 9.83. The Labute approximate surface area is 108 Å². The lowest BCUT2D eigenvalue weighted by Gasteiger charge is -2.01. The number of rotatable bonds is 4. The Hall–Kier alpha value is -1.21. The van der Waals surface area contributed by atoms with E-state index >= 15 is 0 Å². The highest BCUT2D eigenvalue weighted by molar-refractivity contribution is 8.00. The third kappa shape index (κ3) is 2.73. The molecule has 0 aliphatic heterocycles. The number of methoxy groups -OCH3 is 1. The van der Waals surface area contributed by atoms with Crippen LogP contribution in [0.2, 0.25) is 0 Å². The molecule has 0 fully saturated rings. The van der Waals surface area contributed by atoms with E-state index < -0.39 is 5.97 Å². The summed E-state index contributed by atoms with van der Waals surface area (Å²) in [6.07, 6.45) is 1.82. The van der Waals surface area contributed by atoms with Crippen LogP contribution in [-0.2, 0) is 4.74 Å². The topological polar surface area (TPSA) is 81.4 Å². The number of hydrogen-bond acceptors (Lipinski definition) is 6. The molecule has 7 heteroatoms. The van der Waals surface area contributed by atoms with Crippen molar-refractivity contribution in [2.45, 2.75) is 11.1 Å². The molecule has 0 aliphatic rings. The van der Waals surface area contributed by atoms with Gasteiger partial charge in [0.2, 0.25) is 0 Å². The molecule has 5 nitrogen and oxygen atoms in total. The smallest absolute Gasteiger partial charge is 0.342 e. The first-order valence-electron chi connectivity index (χ1n) is 4.89. The molecule has 0 atom stereocenters. The number of carbonyl (C=O) groups is 2. The molecular weight excluding hydrogens is 260 g/mol. The van der Waals surface area contributed by atoms with E-state index in [4.69, 9.17) is 5.73 Å². The van der Waals surface area contributed by atoms with Crippen LogP contribution in [0.1, 0.15) is 27.0 Å². The second kappa shape index (κ2) is 5.92. The number of hydrogen-bond donors (Lipinski definition) is 2. The summed E-state index contributed by atoms with van der Waals surface area (Å²) < 4.78 is 5.35. The van der Waals surface area contributed by atoms with Gasteiger partial charge in [-0.1, -0.05) is 0 Å². The van der Waals surface area contributed by atoms with Crippen molar-refractivity contribution in [3.8, 4) is 0 Å². The van der Waals surface area contributed by atoms with Crippen LogP contribution in [0, 0.1) is 0 Å². The minimum absolute atomic E-state index is 0.192. The molecule has 1 rings (SSSR count). The second-order valence-electron chi connectivity index (χ2n) is 3.06. The minimum Gasteiger partial charge on any atom is -0.465 e. The normalized spacial score (nSPS) is 10.1. The van der Waals surface area contributed by atoms with E-state index in [0.29, 0.717) is 15.6 Å². The Morgan fingerprint density at radius 1 is 1.53 bits per heavy atom. The van der Waals surface area contributed by atoms with E-state index in [1.54, 1.807) is 0 Å². The van der Waals surface area contributed by atoms with Crippen LogP contribution >= 0.6 is 23.1 Å². The van der Waals surface area contributed by atoms with Gasteiger partial charge in [0.1, 0.15) is 10.4 Å². The van der Waals surface area contributed by atoms with Crippen molar-refractivity contribution >= 4 is 40.7 Å². The maximum absolute atomic E-state index is 11.7. The van der Waals surface area contributed by atoms with Gasteiger partial charge in [0.05, 0.1) is 17.0 Å². The van der Waals surface area contributed by atoms with E-state index in [9.17, 15) is 9.59 Å². The number of thioether (sulfide) groups is 1. The fourth-order valence-electron chi connectivity index (χ4n) is 1.27. The molecule has 17 heavy (non-hydrogen) atoms. The average molecular weight is 274 g/mol. The molecule has 1 aromatic heterocycles. The molecule has 0 aromatic carbocycles. The van der Waals surface area contributed by atoms with Gasteiger partial charge in [0.15, 0.2) is 0 Å². The summed E-state index contributed by atoms with van der Waals surface area (Å²) in [6, 6.07) is 0. The Morgan fingerprint density at radius 3 is 2.65 bits per heavy atom. The Bertz CT molecular complexity index is 443. The molecular formula is C10H14N2O3S2. The lowest BCUT2D eigenvalue weighted by Crippen LogP contribution is -2.22. The van der Waals surface area contributed by atoms with E-state index in [2.05, 4.69) is 10.1 Å². The number of thiophene rings is 1. The zero-order valence-corrected chi connectivity index (χ0v) is 11.5. The van der Waals surface area contributed by atoms with Crippen molar-refractivity contribution in [2.75, 3.05) is 25.6 Å². The number of nitrogens with one attached hydrogen (secondary N) is 1. The van der Waals surface area contributed by atoms with Crippen molar-refractivity contribution in [3.63, 3.8) is 0 Å². The molecule has 0 unspecified atom stereocenters. The van der Waals surface area contributed by atoms with Crippen LogP contribution in [0.4, 0.5) is 5.69 Å². The van der Waals surface area contributed by atoms with E-state index in [0.717, 1.165) is 0 Å². The highest BCUT2D eigenvalue weighted by atomic mass is 32.2. The van der Waals surface area contributed by atoms with Crippen LogP contribution in [0.15, 0.2) is 4.21 Å². The number of carbonyl (C=O) groups excluding carboxylic acids is 2. The van der Waals surface area contributed by atoms with Gasteiger partial charge in [-0.2, -0.15) is 0 Å². The Balaban J connectivity index is 3.23. The highest BCUT2D eigenvalue weighted by Gasteiger charge is 2.25. The minimum atomic E-state index is -0.515. The third-order valence-electron chi connectivity index (χ3n) is 2.03. The summed E-state index contributed by atoms with van der Waals surface area (Å²) in [5, 5.41) is 2.65. The van der Waals surface area contributed by atoms with Gasteiger partial charge in [-0.05, 0) is 13.2 Å². The molecule has 1 heterocycles. The monoisotopic (exact) mass is 274 g/mol. The number of amides is 1. The highest BCUT2D eigenvalue weighted by Crippen LogP contribution is 2.37. The van der Waals surface area contributed by atoms with Gasteiger partial charge in [0.25, 0.3) is 5.91 Å². The third-order valence-corrected chi connectivity index (χ3v) is 4.36. The van der Waals surface area contributed by atoms with Crippen molar-refractivity contribution < 1.29 is 14.3 Å². The van der Waals surface area contributed by atoms with Crippen molar-refractivity contribution in [1.82, 2.24) is 5.32 Å². The largest absolute Gasteiger partial charge is 0.465 e. The fourth-order valence-corrected chi connectivity index (χ4v) is 3.11. The summed E-state index contributed by atoms with van der Waals surface area (Å²) in [5.74, 6) is -0.779. The van der Waals surface area contributed by atoms with Gasteiger partial charge >= 0.3 is 5.97 Å². The predicted molar refractivity (Wildman–Crippen MR) is 69.9 cm³/mol. The van der Waals surface area contributed by atoms with Crippen LogP contribution in [0.5, 0.6) is 0 Å². The molecule has 0 spiro atoms. The first-order chi connectivity index (χ1) is 8.06. The maximum atomic E-state index is 11.7. The van der Waals surface area contributed by atoms with Gasteiger partial charge < -0.3 is 15.8 Å². The summed E-state index contributed by atoms with van der Waals surface area (Å²) in [5.41, 5.74) is 6.30. The zero-order chi connectivity index (χ0) is 13.0. The molecule has 0 bridgehead atoms. The van der Waals surface area contributed by atoms with Crippen molar-refractivity contribution in [3.05, 3.63) is 10.4 Å². The standard InChI is InChI=1S/C10H14N2O3S2/c1-4-12-8(13)7-6(11)5(9(14)15-2)10(16-3)17-7/h4,11H2,1-3H3,(H,12,13). The van der Waals surface area contributed by atoms with E-state index in [1.807, 2.05) is 13.2 Å². The van der Waals surface area contributed by atoms with Crippen molar-refractivity contribution in [2.24, 2.45) is 0 Å². The number of nitrogen functional groups attached to an aromatic ring is 1. The molecule has 1 amide bonds. The summed E-state index contributed by atoms with van der Waals surface area (Å²) >= 11 is 2.57. The van der Waals surface area contributed by atoms with E-state index in [1.165, 1.54) is 30.2 Å². The molecule has 0 saturated heterocycles. The van der Waals surface area contributed by atoms with Crippen LogP contribution in [-0.4, -0.2) is 31.8 Å². The Kier molecular flexibility index (Phi) is 4.83. The summed E-state index contributed by atoms with van der Waals surface area (Å²) in [7, 11) is 1.29. The van der Waals surface area contributed by atoms with Gasteiger partial charge in [0, 0.05) is 6.54 Å². The number of ether oxygens (including phenoxy) is 1. The van der Waals surface area contributed by atoms with Crippen molar-refractivity contribution in [1.29, 1.82) is 0 Å². The Morgan fingerprint density at radius 2 is 2.18 bits per heavy atom. The number of nitrogens with two attached hydrogens (primary N) is 1. The molecule has 0 aliphatic carbocycles. The lowest BCUT2D eigenvalue weighted by molar-refractivity contribution is 0.0599. The first-order valence-corrected chi connectivity index (χ1v) is 6.93. The number of esters is 1. The molecule has 94 valence electrons. The quantitative estimate of drug-likeness (QED) is 0.643. The van der Waals surface area contributed by atoms with Gasteiger partial charge in [-0.25, -0.2) is 4.79 Å². The molecule has 1 aromatic rings. The number of anilines is 1. The second-order valence-corrected chi connectivity index (χ2v) is 5.16. The molecule has 3 N–H and O–H groups in total. The first kappa shape index (κ1) is 13.9. The fraction of sp³-hybridized carbons (Fsp3) is 0.400. The van der Waals surface area contributed by atoms with Gasteiger partial charge in [-0.3, -0.25) is 4.79 Å². The maximum Gasteiger partial charge on any atom is 0.342 e. The molecule has 0 radical (unpaired) electrons. The predicted octanol–water partition coefficient (Wildman–Crippen LogP) is 1.59. The van der Waals surface area contributed by atoms with Crippen LogP contribution in [0.3, 0.4) is 0 Å². The lowest BCUT2D eigenvalue weighted by atomic mass is 10.2. The van der Waals surface area contributed by atoms with Crippen LogP contribution < -0.4 is 11.1 Å². The average Bonchev–Trinajstić information content (AvgIpc) is 2.65. The SMILES string of the molecule is CCNC(=O)c1sc(SC)c(C(=O)OC)c1N. The molecule has 0 saturated carbocycles. The summed E-state index contributed by atoms with van der Waals surface area (Å²) in [4.78, 5) is 23.6. The van der Waals surface area contributed by atoms with E-state index in [-0.39, 0.29) is 17.2 Å².